The van der Waals surface area contributed by atoms with Gasteiger partial charge in [0.1, 0.15) is 0 Å². The Bertz CT molecular complexity index is 643. The lowest BCUT2D eigenvalue weighted by atomic mass is 10.1. The highest BCUT2D eigenvalue weighted by atomic mass is 32.2. The SMILES string of the molecule is CC(C)OCc1ccccc1CNC(=O)N[C@@H]1CCS(=O)(=O)C1. The molecule has 0 aliphatic carbocycles. The van der Waals surface area contributed by atoms with Crippen LogP contribution in [0.2, 0.25) is 0 Å². The number of amides is 2. The van der Waals surface area contributed by atoms with Crippen LogP contribution in [-0.4, -0.2) is 38.1 Å². The van der Waals surface area contributed by atoms with Crippen LogP contribution in [0.3, 0.4) is 0 Å². The third kappa shape index (κ3) is 5.84. The molecule has 1 heterocycles. The number of carbonyl (C=O) groups excluding carboxylic acids is 1. The second-order valence-corrected chi connectivity index (χ2v) is 8.28. The number of hydrogen-bond donors (Lipinski definition) is 2. The van der Waals surface area contributed by atoms with Crippen molar-refractivity contribution in [1.29, 1.82) is 0 Å². The van der Waals surface area contributed by atoms with Crippen LogP contribution in [0.15, 0.2) is 24.3 Å². The van der Waals surface area contributed by atoms with Gasteiger partial charge in [-0.2, -0.15) is 0 Å². The molecule has 1 fully saturated rings. The van der Waals surface area contributed by atoms with Gasteiger partial charge in [-0.3, -0.25) is 0 Å². The van der Waals surface area contributed by atoms with Gasteiger partial charge in [-0.15, -0.1) is 0 Å². The van der Waals surface area contributed by atoms with Gasteiger partial charge in [-0.25, -0.2) is 13.2 Å². The van der Waals surface area contributed by atoms with Gasteiger partial charge in [-0.1, -0.05) is 24.3 Å². The van der Waals surface area contributed by atoms with E-state index in [0.717, 1.165) is 11.1 Å². The number of carbonyl (C=O) groups is 1. The minimum atomic E-state index is -2.99. The Morgan fingerprint density at radius 1 is 1.30 bits per heavy atom. The average Bonchev–Trinajstić information content (AvgIpc) is 2.82. The van der Waals surface area contributed by atoms with Crippen LogP contribution >= 0.6 is 0 Å². The monoisotopic (exact) mass is 340 g/mol. The lowest BCUT2D eigenvalue weighted by Crippen LogP contribution is -2.42. The summed E-state index contributed by atoms with van der Waals surface area (Å²) in [5.74, 6) is 0.173. The van der Waals surface area contributed by atoms with Gasteiger partial charge < -0.3 is 15.4 Å². The summed E-state index contributed by atoms with van der Waals surface area (Å²) in [6.07, 6.45) is 0.623. The molecular formula is C16H24N2O4S. The molecule has 1 saturated heterocycles. The number of hydrogen-bond acceptors (Lipinski definition) is 4. The van der Waals surface area contributed by atoms with Crippen LogP contribution in [0.1, 0.15) is 31.4 Å². The Morgan fingerprint density at radius 2 is 2.00 bits per heavy atom. The summed E-state index contributed by atoms with van der Waals surface area (Å²) in [6, 6.07) is 7.13. The Kier molecular flexibility index (Phi) is 6.01. The number of ether oxygens (including phenoxy) is 1. The first-order valence-electron chi connectivity index (χ1n) is 7.79. The fourth-order valence-electron chi connectivity index (χ4n) is 2.45. The Hall–Kier alpha value is -1.60. The Balaban J connectivity index is 1.84. The van der Waals surface area contributed by atoms with Crippen LogP contribution in [0.4, 0.5) is 4.79 Å². The summed E-state index contributed by atoms with van der Waals surface area (Å²) < 4.78 is 28.4. The molecule has 1 aliphatic rings. The topological polar surface area (TPSA) is 84.5 Å². The number of benzene rings is 1. The van der Waals surface area contributed by atoms with Crippen molar-refractivity contribution in [3.05, 3.63) is 35.4 Å². The van der Waals surface area contributed by atoms with Crippen LogP contribution in [0.5, 0.6) is 0 Å². The van der Waals surface area contributed by atoms with Crippen molar-refractivity contribution < 1.29 is 17.9 Å². The van der Waals surface area contributed by atoms with Crippen molar-refractivity contribution in [3.8, 4) is 0 Å². The van der Waals surface area contributed by atoms with Gasteiger partial charge in [0.2, 0.25) is 0 Å². The van der Waals surface area contributed by atoms with E-state index >= 15 is 0 Å². The summed E-state index contributed by atoms with van der Waals surface area (Å²) in [7, 11) is -2.99. The first kappa shape index (κ1) is 17.7. The van der Waals surface area contributed by atoms with E-state index in [4.69, 9.17) is 4.74 Å². The van der Waals surface area contributed by atoms with Crippen molar-refractivity contribution in [2.24, 2.45) is 0 Å². The van der Waals surface area contributed by atoms with E-state index in [0.29, 0.717) is 19.6 Å². The predicted octanol–water partition coefficient (Wildman–Crippen LogP) is 1.60. The molecule has 1 atom stereocenters. The second-order valence-electron chi connectivity index (χ2n) is 6.06. The molecule has 0 unspecified atom stereocenters. The Labute approximate surface area is 137 Å². The molecule has 2 N–H and O–H groups in total. The summed E-state index contributed by atoms with van der Waals surface area (Å²) in [5, 5.41) is 5.49. The van der Waals surface area contributed by atoms with Gasteiger partial charge >= 0.3 is 6.03 Å². The number of urea groups is 1. The molecule has 1 aromatic carbocycles. The highest BCUT2D eigenvalue weighted by Gasteiger charge is 2.28. The quantitative estimate of drug-likeness (QED) is 0.824. The highest BCUT2D eigenvalue weighted by molar-refractivity contribution is 7.91. The smallest absolute Gasteiger partial charge is 0.315 e. The van der Waals surface area contributed by atoms with Gasteiger partial charge in [0.15, 0.2) is 9.84 Å². The van der Waals surface area contributed by atoms with Gasteiger partial charge in [0, 0.05) is 12.6 Å². The van der Waals surface area contributed by atoms with Crippen molar-refractivity contribution >= 4 is 15.9 Å². The zero-order valence-electron chi connectivity index (χ0n) is 13.5. The molecule has 23 heavy (non-hydrogen) atoms. The normalized spacial score (nSPS) is 19.7. The van der Waals surface area contributed by atoms with Gasteiger partial charge in [-0.05, 0) is 31.4 Å². The second kappa shape index (κ2) is 7.79. The summed E-state index contributed by atoms with van der Waals surface area (Å²) in [5.41, 5.74) is 2.02. The van der Waals surface area contributed by atoms with E-state index in [2.05, 4.69) is 10.6 Å². The molecule has 7 heteroatoms. The largest absolute Gasteiger partial charge is 0.374 e. The molecule has 1 aliphatic heterocycles. The van der Waals surface area contributed by atoms with Crippen LogP contribution in [0, 0.1) is 0 Å². The first-order chi connectivity index (χ1) is 10.9. The van der Waals surface area contributed by atoms with Crippen molar-refractivity contribution in [2.75, 3.05) is 11.5 Å². The van der Waals surface area contributed by atoms with Crippen molar-refractivity contribution in [1.82, 2.24) is 10.6 Å². The number of sulfone groups is 1. The summed E-state index contributed by atoms with van der Waals surface area (Å²) >= 11 is 0. The van der Waals surface area contributed by atoms with Gasteiger partial charge in [0.05, 0.1) is 24.2 Å². The minimum absolute atomic E-state index is 0.0270. The maximum Gasteiger partial charge on any atom is 0.315 e. The molecule has 6 nitrogen and oxygen atoms in total. The average molecular weight is 340 g/mol. The molecule has 0 saturated carbocycles. The van der Waals surface area contributed by atoms with Crippen LogP contribution in [-0.2, 0) is 27.7 Å². The van der Waals surface area contributed by atoms with Crippen LogP contribution in [0.25, 0.3) is 0 Å². The summed E-state index contributed by atoms with van der Waals surface area (Å²) in [6.45, 7) is 4.83. The predicted molar refractivity (Wildman–Crippen MR) is 88.8 cm³/mol. The van der Waals surface area contributed by atoms with E-state index < -0.39 is 9.84 Å². The van der Waals surface area contributed by atoms with Gasteiger partial charge in [0.25, 0.3) is 0 Å². The molecule has 2 rings (SSSR count). The highest BCUT2D eigenvalue weighted by Crippen LogP contribution is 2.12. The van der Waals surface area contributed by atoms with Crippen molar-refractivity contribution in [3.63, 3.8) is 0 Å². The fourth-order valence-corrected chi connectivity index (χ4v) is 4.12. The summed E-state index contributed by atoms with van der Waals surface area (Å²) in [4.78, 5) is 11.9. The molecule has 2 amide bonds. The molecule has 0 radical (unpaired) electrons. The zero-order valence-corrected chi connectivity index (χ0v) is 14.4. The third-order valence-corrected chi connectivity index (χ3v) is 5.47. The molecular weight excluding hydrogens is 316 g/mol. The molecule has 128 valence electrons. The van der Waals surface area contributed by atoms with Crippen LogP contribution < -0.4 is 10.6 Å². The first-order valence-corrected chi connectivity index (χ1v) is 9.61. The van der Waals surface area contributed by atoms with E-state index in [-0.39, 0.29) is 29.7 Å². The Morgan fingerprint density at radius 3 is 2.61 bits per heavy atom. The maximum atomic E-state index is 11.9. The van der Waals surface area contributed by atoms with E-state index in [9.17, 15) is 13.2 Å². The molecule has 0 bridgehead atoms. The molecule has 0 spiro atoms. The van der Waals surface area contributed by atoms with Crippen molar-refractivity contribution in [2.45, 2.75) is 45.6 Å². The number of nitrogens with one attached hydrogen (secondary N) is 2. The number of rotatable bonds is 6. The zero-order chi connectivity index (χ0) is 16.9. The maximum absolute atomic E-state index is 11.9. The molecule has 0 aromatic heterocycles. The lowest BCUT2D eigenvalue weighted by Gasteiger charge is -2.15. The fraction of sp³-hybridized carbons (Fsp3) is 0.562. The molecule has 1 aromatic rings. The lowest BCUT2D eigenvalue weighted by molar-refractivity contribution is 0.0652. The van der Waals surface area contributed by atoms with E-state index in [1.165, 1.54) is 0 Å². The standard InChI is InChI=1S/C16H24N2O4S/c1-12(2)22-10-14-6-4-3-5-13(14)9-17-16(19)18-15-7-8-23(20,21)11-15/h3-6,12,15H,7-11H2,1-2H3,(H2,17,18,19)/t15-/m1/s1. The van der Waals surface area contributed by atoms with E-state index in [1.807, 2.05) is 38.1 Å². The van der Waals surface area contributed by atoms with E-state index in [1.54, 1.807) is 0 Å². The minimum Gasteiger partial charge on any atom is -0.374 e. The third-order valence-electron chi connectivity index (χ3n) is 3.70.